The summed E-state index contributed by atoms with van der Waals surface area (Å²) in [7, 11) is -1.63. The third kappa shape index (κ3) is 4.36. The molecule has 2 atom stereocenters. The summed E-state index contributed by atoms with van der Waals surface area (Å²) in [6.07, 6.45) is 1.25. The van der Waals surface area contributed by atoms with E-state index in [1.165, 1.54) is 0 Å². The van der Waals surface area contributed by atoms with Gasteiger partial charge < -0.3 is 9.53 Å². The summed E-state index contributed by atoms with van der Waals surface area (Å²) >= 11 is 0. The summed E-state index contributed by atoms with van der Waals surface area (Å²) in [6, 6.07) is 0. The standard InChI is InChI=1S/C13H29NO2Si/c1-11(15)9-14-8-7-12(10-14)16-17(5,6)13(2,3)4/h11-12,15H,7-10H2,1-6H3. The van der Waals surface area contributed by atoms with E-state index < -0.39 is 8.32 Å². The Balaban J connectivity index is 2.45. The number of aliphatic hydroxyl groups is 1. The minimum Gasteiger partial charge on any atom is -0.413 e. The van der Waals surface area contributed by atoms with Gasteiger partial charge in [0.15, 0.2) is 8.32 Å². The molecule has 3 nitrogen and oxygen atoms in total. The Hall–Kier alpha value is 0.0969. The van der Waals surface area contributed by atoms with Crippen LogP contribution in [-0.4, -0.2) is 50.2 Å². The van der Waals surface area contributed by atoms with Gasteiger partial charge in [-0.2, -0.15) is 0 Å². The largest absolute Gasteiger partial charge is 0.413 e. The quantitative estimate of drug-likeness (QED) is 0.787. The molecule has 17 heavy (non-hydrogen) atoms. The van der Waals surface area contributed by atoms with Crippen LogP contribution in [0.1, 0.15) is 34.1 Å². The maximum absolute atomic E-state index is 9.39. The van der Waals surface area contributed by atoms with Crippen molar-refractivity contribution in [3.8, 4) is 0 Å². The number of β-amino-alcohol motifs (C(OH)–C–C–N with tert-alkyl or cyclic N) is 1. The van der Waals surface area contributed by atoms with Crippen LogP contribution in [0.4, 0.5) is 0 Å². The molecule has 1 heterocycles. The van der Waals surface area contributed by atoms with Crippen molar-refractivity contribution in [1.29, 1.82) is 0 Å². The molecule has 2 unspecified atom stereocenters. The highest BCUT2D eigenvalue weighted by Crippen LogP contribution is 2.38. The van der Waals surface area contributed by atoms with Crippen LogP contribution in [0.5, 0.6) is 0 Å². The first kappa shape index (κ1) is 15.2. The Morgan fingerprint density at radius 3 is 2.47 bits per heavy atom. The van der Waals surface area contributed by atoms with E-state index in [4.69, 9.17) is 4.43 Å². The van der Waals surface area contributed by atoms with E-state index in [9.17, 15) is 5.11 Å². The molecule has 1 aliphatic rings. The van der Waals surface area contributed by atoms with Gasteiger partial charge in [-0.25, -0.2) is 0 Å². The van der Waals surface area contributed by atoms with Crippen LogP contribution in [0.25, 0.3) is 0 Å². The Kier molecular flexibility index (Phi) is 4.80. The zero-order valence-corrected chi connectivity index (χ0v) is 13.3. The highest BCUT2D eigenvalue weighted by atomic mass is 28.4. The molecule has 102 valence electrons. The van der Waals surface area contributed by atoms with E-state index in [0.717, 1.165) is 26.1 Å². The number of hydrogen-bond acceptors (Lipinski definition) is 3. The summed E-state index contributed by atoms with van der Waals surface area (Å²) in [5.41, 5.74) is 0. The first-order valence-corrected chi connectivity index (χ1v) is 9.61. The Bertz CT molecular complexity index is 248. The van der Waals surface area contributed by atoms with Crippen molar-refractivity contribution < 1.29 is 9.53 Å². The third-order valence-electron chi connectivity index (χ3n) is 4.02. The molecule has 0 saturated carbocycles. The van der Waals surface area contributed by atoms with Crippen molar-refractivity contribution >= 4 is 8.32 Å². The van der Waals surface area contributed by atoms with E-state index in [0.29, 0.717) is 6.10 Å². The van der Waals surface area contributed by atoms with E-state index in [-0.39, 0.29) is 11.1 Å². The number of likely N-dealkylation sites (tertiary alicyclic amines) is 1. The molecule has 1 fully saturated rings. The van der Waals surface area contributed by atoms with Crippen LogP contribution in [0.2, 0.25) is 18.1 Å². The van der Waals surface area contributed by atoms with Gasteiger partial charge in [0, 0.05) is 19.6 Å². The summed E-state index contributed by atoms with van der Waals surface area (Å²) in [4.78, 5) is 2.31. The minimum absolute atomic E-state index is 0.235. The molecule has 0 radical (unpaired) electrons. The van der Waals surface area contributed by atoms with Crippen LogP contribution in [0.3, 0.4) is 0 Å². The summed E-state index contributed by atoms with van der Waals surface area (Å²) in [5.74, 6) is 0. The fourth-order valence-electron chi connectivity index (χ4n) is 2.03. The Morgan fingerprint density at radius 2 is 2.00 bits per heavy atom. The van der Waals surface area contributed by atoms with Gasteiger partial charge in [0.25, 0.3) is 0 Å². The zero-order chi connectivity index (χ0) is 13.3. The van der Waals surface area contributed by atoms with Gasteiger partial charge in [-0.1, -0.05) is 20.8 Å². The number of aliphatic hydroxyl groups excluding tert-OH is 1. The lowest BCUT2D eigenvalue weighted by Crippen LogP contribution is -2.44. The molecule has 1 saturated heterocycles. The van der Waals surface area contributed by atoms with Gasteiger partial charge >= 0.3 is 0 Å². The predicted molar refractivity (Wildman–Crippen MR) is 74.8 cm³/mol. The van der Waals surface area contributed by atoms with Gasteiger partial charge in [-0.3, -0.25) is 4.90 Å². The van der Waals surface area contributed by atoms with Gasteiger partial charge in [-0.05, 0) is 31.5 Å². The maximum Gasteiger partial charge on any atom is 0.192 e. The molecule has 1 N–H and O–H groups in total. The van der Waals surface area contributed by atoms with E-state index in [1.54, 1.807) is 0 Å². The molecule has 0 amide bonds. The topological polar surface area (TPSA) is 32.7 Å². The highest BCUT2D eigenvalue weighted by Gasteiger charge is 2.40. The van der Waals surface area contributed by atoms with Gasteiger partial charge in [0.05, 0.1) is 12.2 Å². The SMILES string of the molecule is CC(O)CN1CCC(O[Si](C)(C)C(C)(C)C)C1. The Labute approximate surface area is 107 Å². The number of rotatable bonds is 4. The zero-order valence-electron chi connectivity index (χ0n) is 12.3. The molecule has 0 spiro atoms. The van der Waals surface area contributed by atoms with Crippen molar-refractivity contribution in [2.75, 3.05) is 19.6 Å². The predicted octanol–water partition coefficient (Wildman–Crippen LogP) is 2.46. The molecule has 4 heteroatoms. The smallest absolute Gasteiger partial charge is 0.192 e. The van der Waals surface area contributed by atoms with E-state index in [2.05, 4.69) is 38.8 Å². The van der Waals surface area contributed by atoms with Crippen LogP contribution in [0, 0.1) is 0 Å². The lowest BCUT2D eigenvalue weighted by Gasteiger charge is -2.38. The number of nitrogens with zero attached hydrogens (tertiary/aromatic N) is 1. The molecule has 1 rings (SSSR count). The summed E-state index contributed by atoms with van der Waals surface area (Å²) in [5, 5.41) is 9.67. The molecule has 0 aliphatic carbocycles. The van der Waals surface area contributed by atoms with Crippen molar-refractivity contribution in [2.45, 2.75) is 64.5 Å². The molecule has 0 aromatic carbocycles. The minimum atomic E-state index is -1.63. The maximum atomic E-state index is 9.39. The summed E-state index contributed by atoms with van der Waals surface area (Å²) in [6.45, 7) is 16.1. The molecule has 1 aliphatic heterocycles. The average molecular weight is 259 g/mol. The fraction of sp³-hybridized carbons (Fsp3) is 1.00. The molecule has 0 aromatic heterocycles. The van der Waals surface area contributed by atoms with Crippen molar-refractivity contribution in [3.05, 3.63) is 0 Å². The van der Waals surface area contributed by atoms with Crippen molar-refractivity contribution in [2.24, 2.45) is 0 Å². The van der Waals surface area contributed by atoms with Gasteiger partial charge in [0.1, 0.15) is 0 Å². The van der Waals surface area contributed by atoms with Crippen molar-refractivity contribution in [3.63, 3.8) is 0 Å². The third-order valence-corrected chi connectivity index (χ3v) is 8.55. The van der Waals surface area contributed by atoms with Gasteiger partial charge in [-0.15, -0.1) is 0 Å². The van der Waals surface area contributed by atoms with Crippen LogP contribution in [0.15, 0.2) is 0 Å². The molecule has 0 bridgehead atoms. The lowest BCUT2D eigenvalue weighted by atomic mass is 10.2. The molecular formula is C13H29NO2Si. The van der Waals surface area contributed by atoms with Crippen LogP contribution >= 0.6 is 0 Å². The van der Waals surface area contributed by atoms with Gasteiger partial charge in [0.2, 0.25) is 0 Å². The second-order valence-electron chi connectivity index (χ2n) is 6.90. The summed E-state index contributed by atoms with van der Waals surface area (Å²) < 4.78 is 6.39. The van der Waals surface area contributed by atoms with E-state index in [1.807, 2.05) is 6.92 Å². The monoisotopic (exact) mass is 259 g/mol. The molecular weight excluding hydrogens is 230 g/mol. The normalized spacial score (nSPS) is 25.2. The lowest BCUT2D eigenvalue weighted by molar-refractivity contribution is 0.127. The Morgan fingerprint density at radius 1 is 1.41 bits per heavy atom. The number of hydrogen-bond donors (Lipinski definition) is 1. The first-order valence-electron chi connectivity index (χ1n) is 6.70. The van der Waals surface area contributed by atoms with E-state index >= 15 is 0 Å². The molecule has 0 aromatic rings. The first-order chi connectivity index (χ1) is 7.62. The highest BCUT2D eigenvalue weighted by molar-refractivity contribution is 6.74. The second kappa shape index (κ2) is 5.39. The van der Waals surface area contributed by atoms with Crippen LogP contribution in [-0.2, 0) is 4.43 Å². The fourth-order valence-corrected chi connectivity index (χ4v) is 3.41. The second-order valence-corrected chi connectivity index (χ2v) is 11.7. The average Bonchev–Trinajstić information content (AvgIpc) is 2.48. The van der Waals surface area contributed by atoms with Crippen molar-refractivity contribution in [1.82, 2.24) is 4.90 Å². The van der Waals surface area contributed by atoms with Crippen LogP contribution < -0.4 is 0 Å².